The Labute approximate surface area is 146 Å². The Bertz CT molecular complexity index is 989. The van der Waals surface area contributed by atoms with Gasteiger partial charge in [0.15, 0.2) is 5.52 Å². The second kappa shape index (κ2) is 6.11. The van der Waals surface area contributed by atoms with Gasteiger partial charge in [-0.1, -0.05) is 29.4 Å². The van der Waals surface area contributed by atoms with Crippen LogP contribution in [0.15, 0.2) is 33.6 Å². The molecule has 0 amide bonds. The first-order valence-corrected chi connectivity index (χ1v) is 8.69. The number of rotatable bonds is 3. The first kappa shape index (κ1) is 16.0. The van der Waals surface area contributed by atoms with Gasteiger partial charge in [0, 0.05) is 12.6 Å². The van der Waals surface area contributed by atoms with Gasteiger partial charge in [0.25, 0.3) is 5.56 Å². The van der Waals surface area contributed by atoms with Gasteiger partial charge in [-0.05, 0) is 44.7 Å². The maximum absolute atomic E-state index is 12.7. The van der Waals surface area contributed by atoms with Crippen LogP contribution in [0.5, 0.6) is 0 Å². The number of likely N-dealkylation sites (tertiary alicyclic amines) is 1. The summed E-state index contributed by atoms with van der Waals surface area (Å²) in [5.41, 5.74) is 3.59. The van der Waals surface area contributed by atoms with Gasteiger partial charge in [0.1, 0.15) is 5.76 Å². The lowest BCUT2D eigenvalue weighted by Crippen LogP contribution is -2.34. The molecule has 1 aromatic carbocycles. The molecule has 0 N–H and O–H groups in total. The summed E-state index contributed by atoms with van der Waals surface area (Å²) in [6.45, 7) is 7.28. The molecule has 25 heavy (non-hydrogen) atoms. The molecule has 0 bridgehead atoms. The van der Waals surface area contributed by atoms with Crippen molar-refractivity contribution < 1.29 is 4.52 Å². The van der Waals surface area contributed by atoms with E-state index in [2.05, 4.69) is 46.3 Å². The third-order valence-corrected chi connectivity index (χ3v) is 5.16. The van der Waals surface area contributed by atoms with E-state index in [4.69, 9.17) is 4.52 Å². The Hall–Kier alpha value is -2.47. The van der Waals surface area contributed by atoms with E-state index in [1.54, 1.807) is 0 Å². The van der Waals surface area contributed by atoms with Crippen molar-refractivity contribution in [2.24, 2.45) is 0 Å². The quantitative estimate of drug-likeness (QED) is 0.734. The maximum atomic E-state index is 12.7. The summed E-state index contributed by atoms with van der Waals surface area (Å²) >= 11 is 0. The molecule has 1 unspecified atom stereocenters. The van der Waals surface area contributed by atoms with E-state index in [0.29, 0.717) is 24.0 Å². The Balaban J connectivity index is 1.70. The van der Waals surface area contributed by atoms with Crippen LogP contribution in [0.2, 0.25) is 0 Å². The van der Waals surface area contributed by atoms with E-state index < -0.39 is 0 Å². The highest BCUT2D eigenvalue weighted by molar-refractivity contribution is 5.81. The molecule has 6 nitrogen and oxygen atoms in total. The van der Waals surface area contributed by atoms with Crippen LogP contribution in [0, 0.1) is 20.8 Å². The molecule has 2 aromatic heterocycles. The number of fused-ring (bicyclic) bond motifs is 1. The molecule has 3 aromatic rings. The van der Waals surface area contributed by atoms with Crippen LogP contribution < -0.4 is 5.56 Å². The predicted octanol–water partition coefficient (Wildman–Crippen LogP) is 3.10. The number of hydrogen-bond acceptors (Lipinski definition) is 5. The molecule has 0 saturated carbocycles. The van der Waals surface area contributed by atoms with Gasteiger partial charge in [-0.2, -0.15) is 5.10 Å². The minimum absolute atomic E-state index is 0.187. The Morgan fingerprint density at radius 2 is 2.04 bits per heavy atom. The minimum atomic E-state index is -0.187. The molecule has 6 heteroatoms. The lowest BCUT2D eigenvalue weighted by molar-refractivity contribution is 0.186. The average molecular weight is 338 g/mol. The summed E-state index contributed by atoms with van der Waals surface area (Å²) in [6, 6.07) is 8.80. The van der Waals surface area contributed by atoms with Crippen LogP contribution in [0.1, 0.15) is 41.5 Å². The highest BCUT2D eigenvalue weighted by atomic mass is 16.5. The Kier molecular flexibility index (Phi) is 3.92. The number of benzene rings is 1. The first-order valence-electron chi connectivity index (χ1n) is 8.69. The standard InChI is InChI=1S/C19H22N4O2/c1-12-7-4-5-8-15(12)16-9-6-10-22(16)11-23-19(24)18-17(13(2)20-23)14(3)25-21-18/h4-5,7-8,16H,6,9-11H2,1-3H3. The van der Waals surface area contributed by atoms with Crippen LogP contribution >= 0.6 is 0 Å². The minimum Gasteiger partial charge on any atom is -0.360 e. The zero-order valence-corrected chi connectivity index (χ0v) is 14.8. The van der Waals surface area contributed by atoms with Gasteiger partial charge < -0.3 is 4.52 Å². The van der Waals surface area contributed by atoms with E-state index in [1.165, 1.54) is 15.8 Å². The normalized spacial score (nSPS) is 18.3. The molecule has 3 heterocycles. The lowest BCUT2D eigenvalue weighted by atomic mass is 10.00. The van der Waals surface area contributed by atoms with Crippen LogP contribution in [0.25, 0.3) is 10.9 Å². The largest absolute Gasteiger partial charge is 0.360 e. The van der Waals surface area contributed by atoms with Crippen molar-refractivity contribution in [1.29, 1.82) is 0 Å². The second-order valence-electron chi connectivity index (χ2n) is 6.82. The molecule has 130 valence electrons. The highest BCUT2D eigenvalue weighted by Crippen LogP contribution is 2.33. The summed E-state index contributed by atoms with van der Waals surface area (Å²) < 4.78 is 6.71. The van der Waals surface area contributed by atoms with Crippen molar-refractivity contribution in [3.05, 3.63) is 57.2 Å². The molecule has 0 radical (unpaired) electrons. The van der Waals surface area contributed by atoms with Gasteiger partial charge in [-0.15, -0.1) is 0 Å². The molecule has 1 aliphatic heterocycles. The molecule has 1 aliphatic rings. The molecule has 1 atom stereocenters. The zero-order valence-electron chi connectivity index (χ0n) is 14.8. The van der Waals surface area contributed by atoms with Gasteiger partial charge in [0.2, 0.25) is 0 Å². The molecule has 0 aliphatic carbocycles. The molecular formula is C19H22N4O2. The van der Waals surface area contributed by atoms with E-state index >= 15 is 0 Å². The third kappa shape index (κ3) is 2.66. The lowest BCUT2D eigenvalue weighted by Gasteiger charge is -2.26. The van der Waals surface area contributed by atoms with Crippen LogP contribution in [0.3, 0.4) is 0 Å². The van der Waals surface area contributed by atoms with Crippen molar-refractivity contribution in [2.45, 2.75) is 46.3 Å². The summed E-state index contributed by atoms with van der Waals surface area (Å²) in [5, 5.41) is 9.18. The smallest absolute Gasteiger partial charge is 0.298 e. The van der Waals surface area contributed by atoms with Crippen LogP contribution in [-0.2, 0) is 6.67 Å². The fraction of sp³-hybridized carbons (Fsp3) is 0.421. The second-order valence-corrected chi connectivity index (χ2v) is 6.82. The molecule has 4 rings (SSSR count). The number of hydrogen-bond donors (Lipinski definition) is 0. The van der Waals surface area contributed by atoms with Gasteiger partial charge >= 0.3 is 0 Å². The molecule has 1 fully saturated rings. The summed E-state index contributed by atoms with van der Waals surface area (Å²) in [5.74, 6) is 0.642. The van der Waals surface area contributed by atoms with Gasteiger partial charge in [-0.25, -0.2) is 4.68 Å². The zero-order chi connectivity index (χ0) is 17.6. The predicted molar refractivity (Wildman–Crippen MR) is 95.4 cm³/mol. The third-order valence-electron chi connectivity index (χ3n) is 5.16. The number of aromatic nitrogens is 3. The average Bonchev–Trinajstić information content (AvgIpc) is 3.20. The topological polar surface area (TPSA) is 64.2 Å². The fourth-order valence-corrected chi connectivity index (χ4v) is 3.92. The maximum Gasteiger partial charge on any atom is 0.298 e. The highest BCUT2D eigenvalue weighted by Gasteiger charge is 2.28. The first-order chi connectivity index (χ1) is 12.1. The molecule has 0 spiro atoms. The van der Waals surface area contributed by atoms with Crippen molar-refractivity contribution >= 4 is 10.9 Å². The van der Waals surface area contributed by atoms with Crippen molar-refractivity contribution in [3.8, 4) is 0 Å². The van der Waals surface area contributed by atoms with E-state index in [0.717, 1.165) is 30.5 Å². The summed E-state index contributed by atoms with van der Waals surface area (Å²) in [6.07, 6.45) is 2.22. The fourth-order valence-electron chi connectivity index (χ4n) is 3.92. The Morgan fingerprint density at radius 3 is 2.84 bits per heavy atom. The van der Waals surface area contributed by atoms with E-state index in [1.807, 2.05) is 13.8 Å². The van der Waals surface area contributed by atoms with Crippen LogP contribution in [0.4, 0.5) is 0 Å². The number of nitrogens with zero attached hydrogens (tertiary/aromatic N) is 4. The molecular weight excluding hydrogens is 316 g/mol. The number of aryl methyl sites for hydroxylation is 3. The van der Waals surface area contributed by atoms with E-state index in [9.17, 15) is 4.79 Å². The van der Waals surface area contributed by atoms with Crippen molar-refractivity contribution in [2.75, 3.05) is 6.54 Å². The van der Waals surface area contributed by atoms with E-state index in [-0.39, 0.29) is 5.56 Å². The molecule has 1 saturated heterocycles. The summed E-state index contributed by atoms with van der Waals surface area (Å²) in [4.78, 5) is 15.1. The summed E-state index contributed by atoms with van der Waals surface area (Å²) in [7, 11) is 0. The SMILES string of the molecule is Cc1ccccc1C1CCCN1Cn1nc(C)c2c(C)onc2c1=O. The van der Waals surface area contributed by atoms with Crippen molar-refractivity contribution in [1.82, 2.24) is 19.8 Å². The Morgan fingerprint density at radius 1 is 1.24 bits per heavy atom. The van der Waals surface area contributed by atoms with Crippen LogP contribution in [-0.4, -0.2) is 26.4 Å². The van der Waals surface area contributed by atoms with Gasteiger partial charge in [0.05, 0.1) is 17.7 Å². The monoisotopic (exact) mass is 338 g/mol. The van der Waals surface area contributed by atoms with Crippen molar-refractivity contribution in [3.63, 3.8) is 0 Å². The van der Waals surface area contributed by atoms with Gasteiger partial charge in [-0.3, -0.25) is 9.69 Å².